The fraction of sp³-hybridized carbons (Fsp3) is 0.167. The summed E-state index contributed by atoms with van der Waals surface area (Å²) >= 11 is 1.16. The second-order valence-electron chi connectivity index (χ2n) is 7.29. The molecule has 0 aliphatic rings. The number of nitrogens with zero attached hydrogens (tertiary/aromatic N) is 2. The van der Waals surface area contributed by atoms with E-state index in [1.165, 1.54) is 10.9 Å². The molecule has 7 nitrogen and oxygen atoms in total. The molecule has 162 valence electrons. The van der Waals surface area contributed by atoms with Gasteiger partial charge in [0.1, 0.15) is 11.4 Å². The van der Waals surface area contributed by atoms with Gasteiger partial charge in [0, 0.05) is 11.4 Å². The minimum atomic E-state index is -0.346. The van der Waals surface area contributed by atoms with Crippen LogP contribution in [0.2, 0.25) is 0 Å². The lowest BCUT2D eigenvalue weighted by molar-refractivity contribution is -0.116. The zero-order chi connectivity index (χ0) is 22.7. The third kappa shape index (κ3) is 4.31. The molecule has 8 heteroatoms. The van der Waals surface area contributed by atoms with Crippen molar-refractivity contribution in [3.05, 3.63) is 87.3 Å². The quantitative estimate of drug-likeness (QED) is 0.464. The van der Waals surface area contributed by atoms with Gasteiger partial charge in [-0.25, -0.2) is 4.98 Å². The minimum Gasteiger partial charge on any atom is -0.324 e. The molecule has 0 saturated carbocycles. The number of thiophene rings is 1. The molecule has 4 rings (SSSR count). The number of carbonyl (C=O) groups excluding carboxylic acids is 2. The van der Waals surface area contributed by atoms with E-state index in [1.54, 1.807) is 19.1 Å². The van der Waals surface area contributed by atoms with Crippen molar-refractivity contribution < 1.29 is 9.59 Å². The van der Waals surface area contributed by atoms with Crippen LogP contribution in [0, 0.1) is 6.92 Å². The number of benzene rings is 2. The molecular weight excluding hydrogens is 424 g/mol. The Bertz CT molecular complexity index is 1360. The van der Waals surface area contributed by atoms with E-state index in [9.17, 15) is 14.4 Å². The summed E-state index contributed by atoms with van der Waals surface area (Å²) in [5, 5.41) is 6.06. The van der Waals surface area contributed by atoms with E-state index in [2.05, 4.69) is 15.6 Å². The Balaban J connectivity index is 1.58. The topological polar surface area (TPSA) is 93.1 Å². The SMILES string of the molecule is CCc1ccccc1NC(=O)Cn1cnc2sc(C(=O)Nc3ccccc3)c(C)c2c1=O. The van der Waals surface area contributed by atoms with E-state index >= 15 is 0 Å². The van der Waals surface area contributed by atoms with Crippen molar-refractivity contribution in [3.63, 3.8) is 0 Å². The zero-order valence-electron chi connectivity index (χ0n) is 17.7. The molecule has 32 heavy (non-hydrogen) atoms. The average molecular weight is 447 g/mol. The first-order valence-corrected chi connectivity index (χ1v) is 11.0. The molecule has 4 aromatic rings. The maximum atomic E-state index is 13.1. The number of para-hydroxylation sites is 2. The molecule has 0 aliphatic heterocycles. The Morgan fingerprint density at radius 2 is 1.75 bits per heavy atom. The first kappa shape index (κ1) is 21.5. The van der Waals surface area contributed by atoms with Gasteiger partial charge in [-0.05, 0) is 42.7 Å². The van der Waals surface area contributed by atoms with E-state index in [4.69, 9.17) is 0 Å². The maximum absolute atomic E-state index is 13.1. The third-order valence-corrected chi connectivity index (χ3v) is 6.34. The summed E-state index contributed by atoms with van der Waals surface area (Å²) in [6.45, 7) is 3.57. The van der Waals surface area contributed by atoms with Crippen LogP contribution >= 0.6 is 11.3 Å². The van der Waals surface area contributed by atoms with Crippen molar-refractivity contribution >= 4 is 44.7 Å². The Morgan fingerprint density at radius 1 is 1.03 bits per heavy atom. The summed E-state index contributed by atoms with van der Waals surface area (Å²) in [7, 11) is 0. The molecule has 0 aliphatic carbocycles. The molecule has 2 aromatic carbocycles. The molecule has 0 radical (unpaired) electrons. The van der Waals surface area contributed by atoms with Crippen LogP contribution in [-0.2, 0) is 17.8 Å². The summed E-state index contributed by atoms with van der Waals surface area (Å²) in [5.41, 5.74) is 2.63. The van der Waals surface area contributed by atoms with Crippen LogP contribution in [0.1, 0.15) is 27.7 Å². The van der Waals surface area contributed by atoms with Crippen LogP contribution in [0.25, 0.3) is 10.2 Å². The Labute approximate surface area is 188 Å². The Hall–Kier alpha value is -3.78. The highest BCUT2D eigenvalue weighted by Gasteiger charge is 2.20. The van der Waals surface area contributed by atoms with Gasteiger partial charge < -0.3 is 10.6 Å². The molecule has 2 heterocycles. The molecule has 0 unspecified atom stereocenters. The Morgan fingerprint density at radius 3 is 2.50 bits per heavy atom. The van der Waals surface area contributed by atoms with Gasteiger partial charge in [0.25, 0.3) is 11.5 Å². The zero-order valence-corrected chi connectivity index (χ0v) is 18.5. The van der Waals surface area contributed by atoms with Crippen LogP contribution in [0.15, 0.2) is 65.7 Å². The van der Waals surface area contributed by atoms with Gasteiger partial charge in [-0.3, -0.25) is 19.0 Å². The first-order valence-electron chi connectivity index (χ1n) is 10.2. The second-order valence-corrected chi connectivity index (χ2v) is 8.29. The summed E-state index contributed by atoms with van der Waals surface area (Å²) in [4.78, 5) is 43.6. The fourth-order valence-corrected chi connectivity index (χ4v) is 4.53. The summed E-state index contributed by atoms with van der Waals surface area (Å²) in [6, 6.07) is 16.7. The van der Waals surface area contributed by atoms with E-state index in [-0.39, 0.29) is 23.9 Å². The number of nitrogens with one attached hydrogen (secondary N) is 2. The van der Waals surface area contributed by atoms with E-state index in [0.717, 1.165) is 29.0 Å². The summed E-state index contributed by atoms with van der Waals surface area (Å²) in [5.74, 6) is -0.611. The van der Waals surface area contributed by atoms with Crippen molar-refractivity contribution in [1.82, 2.24) is 9.55 Å². The number of fused-ring (bicyclic) bond motifs is 1. The first-order chi connectivity index (χ1) is 15.5. The summed E-state index contributed by atoms with van der Waals surface area (Å²) in [6.07, 6.45) is 2.14. The monoisotopic (exact) mass is 446 g/mol. The van der Waals surface area contributed by atoms with Crippen molar-refractivity contribution in [1.29, 1.82) is 0 Å². The van der Waals surface area contributed by atoms with Crippen molar-refractivity contribution in [3.8, 4) is 0 Å². The smallest absolute Gasteiger partial charge is 0.266 e. The molecule has 0 fully saturated rings. The number of anilines is 2. The minimum absolute atomic E-state index is 0.166. The second kappa shape index (κ2) is 9.15. The molecule has 0 bridgehead atoms. The molecular formula is C24H22N4O3S. The fourth-order valence-electron chi connectivity index (χ4n) is 3.49. The van der Waals surface area contributed by atoms with Gasteiger partial charge in [0.05, 0.1) is 16.6 Å². The van der Waals surface area contributed by atoms with Crippen LogP contribution < -0.4 is 16.2 Å². The van der Waals surface area contributed by atoms with E-state index in [0.29, 0.717) is 26.3 Å². The van der Waals surface area contributed by atoms with Crippen molar-refractivity contribution in [2.75, 3.05) is 10.6 Å². The molecule has 0 atom stereocenters. The number of hydrogen-bond acceptors (Lipinski definition) is 5. The maximum Gasteiger partial charge on any atom is 0.266 e. The van der Waals surface area contributed by atoms with Crippen molar-refractivity contribution in [2.45, 2.75) is 26.8 Å². The number of amides is 2. The van der Waals surface area contributed by atoms with Gasteiger partial charge in [-0.1, -0.05) is 43.3 Å². The molecule has 0 spiro atoms. The van der Waals surface area contributed by atoms with Gasteiger partial charge >= 0.3 is 0 Å². The van der Waals surface area contributed by atoms with Gasteiger partial charge in [0.2, 0.25) is 5.91 Å². The third-order valence-electron chi connectivity index (χ3n) is 5.14. The predicted octanol–water partition coefficient (Wildman–Crippen LogP) is 4.22. The molecule has 2 amide bonds. The standard InChI is InChI=1S/C24H22N4O3S/c1-3-16-9-7-8-12-18(16)27-19(29)13-28-14-25-23-20(24(28)31)15(2)21(32-23)22(30)26-17-10-5-4-6-11-17/h4-12,14H,3,13H2,1-2H3,(H,26,30)(H,27,29). The van der Waals surface area contributed by atoms with E-state index in [1.807, 2.05) is 49.4 Å². The van der Waals surface area contributed by atoms with E-state index < -0.39 is 0 Å². The normalized spacial score (nSPS) is 10.8. The number of hydrogen-bond donors (Lipinski definition) is 2. The van der Waals surface area contributed by atoms with Gasteiger partial charge in [0.15, 0.2) is 0 Å². The highest BCUT2D eigenvalue weighted by atomic mass is 32.1. The highest BCUT2D eigenvalue weighted by Crippen LogP contribution is 2.27. The number of carbonyl (C=O) groups is 2. The van der Waals surface area contributed by atoms with Crippen LogP contribution in [0.4, 0.5) is 11.4 Å². The lowest BCUT2D eigenvalue weighted by atomic mass is 10.1. The highest BCUT2D eigenvalue weighted by molar-refractivity contribution is 7.20. The molecule has 0 saturated heterocycles. The lowest BCUT2D eigenvalue weighted by Gasteiger charge is -2.10. The number of aryl methyl sites for hydroxylation is 2. The predicted molar refractivity (Wildman–Crippen MR) is 127 cm³/mol. The lowest BCUT2D eigenvalue weighted by Crippen LogP contribution is -2.28. The number of rotatable bonds is 6. The van der Waals surface area contributed by atoms with Crippen molar-refractivity contribution in [2.24, 2.45) is 0 Å². The Kier molecular flexibility index (Phi) is 6.13. The van der Waals surface area contributed by atoms with Gasteiger partial charge in [-0.15, -0.1) is 11.3 Å². The van der Waals surface area contributed by atoms with Crippen LogP contribution in [0.5, 0.6) is 0 Å². The average Bonchev–Trinajstić information content (AvgIpc) is 3.14. The number of aromatic nitrogens is 2. The summed E-state index contributed by atoms with van der Waals surface area (Å²) < 4.78 is 1.27. The molecule has 2 aromatic heterocycles. The van der Waals surface area contributed by atoms with Crippen LogP contribution in [-0.4, -0.2) is 21.4 Å². The van der Waals surface area contributed by atoms with Gasteiger partial charge in [-0.2, -0.15) is 0 Å². The largest absolute Gasteiger partial charge is 0.324 e. The molecule has 2 N–H and O–H groups in total. The van der Waals surface area contributed by atoms with Crippen LogP contribution in [0.3, 0.4) is 0 Å².